The molecule has 0 aliphatic rings. The molecule has 0 saturated carbocycles. The van der Waals surface area contributed by atoms with E-state index in [1.54, 1.807) is 19.9 Å². The molecule has 1 amide bonds. The van der Waals surface area contributed by atoms with Gasteiger partial charge in [0.05, 0.1) is 5.02 Å². The van der Waals surface area contributed by atoms with Crippen LogP contribution in [-0.4, -0.2) is 25.1 Å². The lowest BCUT2D eigenvalue weighted by atomic mass is 10.0. The highest BCUT2D eigenvalue weighted by Gasteiger charge is 2.26. The van der Waals surface area contributed by atoms with Crippen molar-refractivity contribution in [1.29, 1.82) is 0 Å². The predicted octanol–water partition coefficient (Wildman–Crippen LogP) is 5.20. The van der Waals surface area contributed by atoms with Crippen LogP contribution in [0.25, 0.3) is 11.1 Å². The molecule has 1 aromatic carbocycles. The third kappa shape index (κ3) is 3.94. The first-order chi connectivity index (χ1) is 11.7. The zero-order valence-electron chi connectivity index (χ0n) is 14.1. The number of amides is 1. The molecule has 0 atom stereocenters. The highest BCUT2D eigenvalue weighted by molar-refractivity contribution is 6.37. The molecule has 0 spiro atoms. The Bertz CT molecular complexity index is 867. The normalized spacial score (nSPS) is 10.7. The van der Waals surface area contributed by atoms with Crippen molar-refractivity contribution >= 4 is 40.9 Å². The summed E-state index contributed by atoms with van der Waals surface area (Å²) in [7, 11) is 3.03. The molecule has 1 heterocycles. The van der Waals surface area contributed by atoms with Crippen LogP contribution in [0.3, 0.4) is 0 Å². The summed E-state index contributed by atoms with van der Waals surface area (Å²) < 4.78 is 10.6. The van der Waals surface area contributed by atoms with Crippen LogP contribution in [0.15, 0.2) is 21.3 Å². The van der Waals surface area contributed by atoms with Crippen molar-refractivity contribution in [3.05, 3.63) is 48.9 Å². The number of carbonyl (C=O) groups is 1. The number of hydrogen-bond acceptors (Lipinski definition) is 4. The van der Waals surface area contributed by atoms with Crippen molar-refractivity contribution in [2.75, 3.05) is 14.1 Å². The summed E-state index contributed by atoms with van der Waals surface area (Å²) >= 11 is 18.6. The van der Waals surface area contributed by atoms with E-state index in [4.69, 9.17) is 44.0 Å². The van der Waals surface area contributed by atoms with E-state index in [1.807, 2.05) is 0 Å². The Morgan fingerprint density at radius 3 is 2.36 bits per heavy atom. The zero-order valence-corrected chi connectivity index (χ0v) is 16.3. The van der Waals surface area contributed by atoms with Crippen LogP contribution in [-0.2, 0) is 6.42 Å². The molecule has 2 aromatic rings. The van der Waals surface area contributed by atoms with E-state index in [0.29, 0.717) is 22.6 Å². The van der Waals surface area contributed by atoms with Gasteiger partial charge in [0.15, 0.2) is 5.75 Å². The fourth-order valence-electron chi connectivity index (χ4n) is 2.27. The second-order valence-electron chi connectivity index (χ2n) is 5.53. The minimum absolute atomic E-state index is 0.0171. The lowest BCUT2D eigenvalue weighted by Crippen LogP contribution is -2.26. The first-order valence-electron chi connectivity index (χ1n) is 7.38. The van der Waals surface area contributed by atoms with Crippen LogP contribution < -0.4 is 10.4 Å². The molecule has 134 valence electrons. The second-order valence-corrected chi connectivity index (χ2v) is 6.75. The molecule has 5 nitrogen and oxygen atoms in total. The number of rotatable bonds is 3. The van der Waals surface area contributed by atoms with Gasteiger partial charge in [0, 0.05) is 31.1 Å². The van der Waals surface area contributed by atoms with Gasteiger partial charge in [0.1, 0.15) is 16.3 Å². The lowest BCUT2D eigenvalue weighted by molar-refractivity contribution is 0.171. The van der Waals surface area contributed by atoms with E-state index in [1.165, 1.54) is 25.1 Å². The number of halogens is 3. The van der Waals surface area contributed by atoms with Gasteiger partial charge in [-0.25, -0.2) is 9.59 Å². The molecule has 0 fully saturated rings. The second kappa shape index (κ2) is 7.68. The van der Waals surface area contributed by atoms with Gasteiger partial charge in [-0.2, -0.15) is 0 Å². The van der Waals surface area contributed by atoms with Crippen molar-refractivity contribution in [3.63, 3.8) is 0 Å². The van der Waals surface area contributed by atoms with E-state index in [-0.39, 0.29) is 27.1 Å². The number of aryl methyl sites for hydroxylation is 2. The fourth-order valence-corrected chi connectivity index (χ4v) is 3.27. The van der Waals surface area contributed by atoms with Crippen LogP contribution >= 0.6 is 34.8 Å². The zero-order chi connectivity index (χ0) is 18.9. The van der Waals surface area contributed by atoms with Gasteiger partial charge in [0.25, 0.3) is 0 Å². The van der Waals surface area contributed by atoms with E-state index in [9.17, 15) is 9.59 Å². The smallest absolute Gasteiger partial charge is 0.414 e. The summed E-state index contributed by atoms with van der Waals surface area (Å²) in [5.74, 6) is 0.139. The van der Waals surface area contributed by atoms with E-state index in [0.717, 1.165) is 0 Å². The summed E-state index contributed by atoms with van der Waals surface area (Å²) in [6, 6.07) is 3.13. The summed E-state index contributed by atoms with van der Waals surface area (Å²) in [5.41, 5.74) is 0.255. The molecule has 8 heteroatoms. The molecular weight excluding hydrogens is 389 g/mol. The standard InChI is InChI=1S/C17H16Cl3NO4/c1-5-11-14(20)15(25-17(23)21(3)4)13(16(22)24-11)12-8(2)6-9(18)7-10(12)19/h6-7H,5H2,1-4H3. The van der Waals surface area contributed by atoms with Crippen molar-refractivity contribution in [2.24, 2.45) is 0 Å². The van der Waals surface area contributed by atoms with Crippen molar-refractivity contribution < 1.29 is 13.9 Å². The van der Waals surface area contributed by atoms with Gasteiger partial charge in [-0.15, -0.1) is 0 Å². The largest absolute Gasteiger partial charge is 0.426 e. The third-order valence-electron chi connectivity index (χ3n) is 3.47. The summed E-state index contributed by atoms with van der Waals surface area (Å²) in [6.07, 6.45) is -0.327. The lowest BCUT2D eigenvalue weighted by Gasteiger charge is -2.17. The number of ether oxygens (including phenoxy) is 1. The first kappa shape index (κ1) is 19.6. The quantitative estimate of drug-likeness (QED) is 0.705. The molecule has 2 rings (SSSR count). The molecule has 0 aliphatic carbocycles. The molecule has 0 saturated heterocycles. The van der Waals surface area contributed by atoms with Gasteiger partial charge >= 0.3 is 11.7 Å². The molecule has 0 bridgehead atoms. The number of carbonyl (C=O) groups excluding carboxylic acids is 1. The molecule has 0 aliphatic heterocycles. The Morgan fingerprint density at radius 1 is 1.20 bits per heavy atom. The van der Waals surface area contributed by atoms with Gasteiger partial charge in [-0.05, 0) is 24.6 Å². The number of hydrogen-bond donors (Lipinski definition) is 0. The Morgan fingerprint density at radius 2 is 1.84 bits per heavy atom. The van der Waals surface area contributed by atoms with Crippen molar-refractivity contribution in [3.8, 4) is 16.9 Å². The van der Waals surface area contributed by atoms with E-state index in [2.05, 4.69) is 0 Å². The SMILES string of the molecule is CCc1oc(=O)c(-c2c(C)cc(Cl)cc2Cl)c(OC(=O)N(C)C)c1Cl. The molecule has 25 heavy (non-hydrogen) atoms. The topological polar surface area (TPSA) is 59.8 Å². The summed E-state index contributed by atoms with van der Waals surface area (Å²) in [4.78, 5) is 25.9. The van der Waals surface area contributed by atoms with Crippen molar-refractivity contribution in [1.82, 2.24) is 4.90 Å². The third-order valence-corrected chi connectivity index (χ3v) is 4.37. The first-order valence-corrected chi connectivity index (χ1v) is 8.51. The Kier molecular flexibility index (Phi) is 6.03. The van der Waals surface area contributed by atoms with Gasteiger partial charge in [0.2, 0.25) is 0 Å². The van der Waals surface area contributed by atoms with Crippen LogP contribution in [0.4, 0.5) is 4.79 Å². The molecule has 0 N–H and O–H groups in total. The summed E-state index contributed by atoms with van der Waals surface area (Å²) in [5, 5.41) is 0.691. The number of nitrogens with zero attached hydrogens (tertiary/aromatic N) is 1. The van der Waals surface area contributed by atoms with Gasteiger partial charge in [-0.1, -0.05) is 41.7 Å². The molecular formula is C17H16Cl3NO4. The van der Waals surface area contributed by atoms with E-state index >= 15 is 0 Å². The maximum atomic E-state index is 12.6. The number of benzene rings is 1. The summed E-state index contributed by atoms with van der Waals surface area (Å²) in [6.45, 7) is 3.49. The van der Waals surface area contributed by atoms with Crippen LogP contribution in [0.2, 0.25) is 15.1 Å². The average molecular weight is 405 g/mol. The molecule has 1 aromatic heterocycles. The van der Waals surface area contributed by atoms with Crippen LogP contribution in [0.1, 0.15) is 18.2 Å². The van der Waals surface area contributed by atoms with Crippen molar-refractivity contribution in [2.45, 2.75) is 20.3 Å². The Hall–Kier alpha value is -1.69. The minimum Gasteiger partial charge on any atom is -0.426 e. The molecule has 0 radical (unpaired) electrons. The highest BCUT2D eigenvalue weighted by atomic mass is 35.5. The van der Waals surface area contributed by atoms with Crippen LogP contribution in [0, 0.1) is 6.92 Å². The Labute approximate surface area is 160 Å². The highest BCUT2D eigenvalue weighted by Crippen LogP contribution is 2.41. The maximum Gasteiger partial charge on any atom is 0.414 e. The fraction of sp³-hybridized carbons (Fsp3) is 0.294. The van der Waals surface area contributed by atoms with Gasteiger partial charge in [-0.3, -0.25) is 0 Å². The maximum absolute atomic E-state index is 12.6. The van der Waals surface area contributed by atoms with E-state index < -0.39 is 11.7 Å². The monoisotopic (exact) mass is 403 g/mol. The molecule has 0 unspecified atom stereocenters. The van der Waals surface area contributed by atoms with Crippen LogP contribution in [0.5, 0.6) is 5.75 Å². The Balaban J connectivity index is 2.84. The predicted molar refractivity (Wildman–Crippen MR) is 99.3 cm³/mol. The van der Waals surface area contributed by atoms with Gasteiger partial charge < -0.3 is 14.1 Å². The average Bonchev–Trinajstić information content (AvgIpc) is 2.51. The minimum atomic E-state index is -0.699.